The fraction of sp³-hybridized carbons (Fsp3) is 0.100. The van der Waals surface area contributed by atoms with Gasteiger partial charge in [0.05, 0.1) is 17.0 Å². The minimum Gasteiger partial charge on any atom is -0.334 e. The highest BCUT2D eigenvalue weighted by Crippen LogP contribution is 1.82. The van der Waals surface area contributed by atoms with Gasteiger partial charge in [0.25, 0.3) is 0 Å². The Morgan fingerprint density at radius 1 is 1.08 bits per heavy atom. The molecule has 1 heterocycles. The molecule has 0 fully saturated rings. The number of rotatable bonds is 0. The molecule has 60 valence electrons. The maximum atomic E-state index is 4.25. The summed E-state index contributed by atoms with van der Waals surface area (Å²) >= 11 is 0. The summed E-state index contributed by atoms with van der Waals surface area (Å²) in [5, 5.41) is 2.17. The van der Waals surface area contributed by atoms with E-state index in [0.717, 1.165) is 10.7 Å². The number of fused-ring (bicyclic) bond motifs is 1. The van der Waals surface area contributed by atoms with Crippen LogP contribution in [0.5, 0.6) is 0 Å². The van der Waals surface area contributed by atoms with E-state index in [1.54, 1.807) is 0 Å². The number of hydrogen-bond donors (Lipinski definition) is 0. The molecule has 0 saturated carbocycles. The van der Waals surface area contributed by atoms with E-state index >= 15 is 0 Å². The lowest BCUT2D eigenvalue weighted by atomic mass is 10.3. The van der Waals surface area contributed by atoms with Crippen molar-refractivity contribution in [3.05, 3.63) is 41.3 Å². The third kappa shape index (κ3) is 1.11. The van der Waals surface area contributed by atoms with Gasteiger partial charge in [0.2, 0.25) is 0 Å². The molecule has 0 radical (unpaired) electrons. The highest BCUT2D eigenvalue weighted by atomic mass is 15.0. The molecule has 0 spiro atoms. The van der Waals surface area contributed by atoms with Crippen molar-refractivity contribution in [2.75, 3.05) is 0 Å². The molecule has 0 N–H and O–H groups in total. The zero-order valence-corrected chi connectivity index (χ0v) is 6.94. The lowest BCUT2D eigenvalue weighted by molar-refractivity contribution is 0.881. The quantitative estimate of drug-likeness (QED) is 0.524. The average Bonchev–Trinajstić information content (AvgIpc) is 2.31. The smallest absolute Gasteiger partial charge is 0.0955 e. The Balaban J connectivity index is 2.83. The van der Waals surface area contributed by atoms with E-state index in [4.69, 9.17) is 0 Å². The van der Waals surface area contributed by atoms with Gasteiger partial charge in [0, 0.05) is 7.05 Å². The fourth-order valence-corrected chi connectivity index (χ4v) is 1.21. The molecule has 1 aliphatic carbocycles. The van der Waals surface area contributed by atoms with Crippen molar-refractivity contribution in [1.29, 1.82) is 0 Å². The second kappa shape index (κ2) is 2.81. The van der Waals surface area contributed by atoms with Crippen LogP contribution in [0.3, 0.4) is 0 Å². The summed E-state index contributed by atoms with van der Waals surface area (Å²) in [6.07, 6.45) is 13.9. The standard InChI is InChI=1S/C10H10N2/c1-12-8-11-9-6-4-2-3-5-7-10(9)12/h2-8H,1H3/b3-2?,4-2-,5-3-,6-4?,7-5?,9-6+,10-7+. The molecular formula is C10H10N2. The Kier molecular flexibility index (Phi) is 1.67. The maximum absolute atomic E-state index is 4.25. The molecule has 1 aromatic rings. The second-order valence-electron chi connectivity index (χ2n) is 2.73. The van der Waals surface area contributed by atoms with Gasteiger partial charge in [-0.05, 0) is 12.2 Å². The van der Waals surface area contributed by atoms with Crippen molar-refractivity contribution < 1.29 is 0 Å². The largest absolute Gasteiger partial charge is 0.334 e. The SMILES string of the molecule is Cn1cnc2/c1=C\C=C/C=C\C=2. The predicted molar refractivity (Wildman–Crippen MR) is 49.7 cm³/mol. The van der Waals surface area contributed by atoms with Crippen molar-refractivity contribution >= 4 is 12.2 Å². The minimum absolute atomic E-state index is 1.03. The summed E-state index contributed by atoms with van der Waals surface area (Å²) in [6, 6.07) is 0. The van der Waals surface area contributed by atoms with Crippen LogP contribution in [0.2, 0.25) is 0 Å². The number of aryl methyl sites for hydroxylation is 1. The lowest BCUT2D eigenvalue weighted by Crippen LogP contribution is -2.28. The molecule has 1 aromatic heterocycles. The van der Waals surface area contributed by atoms with Crippen molar-refractivity contribution in [1.82, 2.24) is 9.55 Å². The van der Waals surface area contributed by atoms with Gasteiger partial charge in [-0.1, -0.05) is 24.3 Å². The zero-order valence-electron chi connectivity index (χ0n) is 6.94. The molecule has 0 aliphatic heterocycles. The molecule has 0 atom stereocenters. The van der Waals surface area contributed by atoms with Crippen LogP contribution >= 0.6 is 0 Å². The topological polar surface area (TPSA) is 17.8 Å². The highest BCUT2D eigenvalue weighted by Gasteiger charge is 1.90. The van der Waals surface area contributed by atoms with Gasteiger partial charge in [0.15, 0.2) is 0 Å². The van der Waals surface area contributed by atoms with Gasteiger partial charge in [0.1, 0.15) is 0 Å². The van der Waals surface area contributed by atoms with Crippen molar-refractivity contribution in [3.8, 4) is 0 Å². The van der Waals surface area contributed by atoms with Gasteiger partial charge in [-0.25, -0.2) is 4.98 Å². The summed E-state index contributed by atoms with van der Waals surface area (Å²) in [5.74, 6) is 0. The predicted octanol–water partition coefficient (Wildman–Crippen LogP) is 0.107. The van der Waals surface area contributed by atoms with E-state index in [2.05, 4.69) is 11.1 Å². The Labute approximate surface area is 70.9 Å². The van der Waals surface area contributed by atoms with E-state index in [1.165, 1.54) is 0 Å². The van der Waals surface area contributed by atoms with Crippen LogP contribution in [0.1, 0.15) is 0 Å². The molecule has 1 aliphatic rings. The number of nitrogens with zero attached hydrogens (tertiary/aromatic N) is 2. The van der Waals surface area contributed by atoms with Crippen LogP contribution in [0.25, 0.3) is 12.2 Å². The zero-order chi connectivity index (χ0) is 8.39. The van der Waals surface area contributed by atoms with Gasteiger partial charge in [-0.15, -0.1) is 0 Å². The normalized spacial score (nSPS) is 25.1. The van der Waals surface area contributed by atoms with E-state index in [-0.39, 0.29) is 0 Å². The van der Waals surface area contributed by atoms with Crippen LogP contribution in [-0.4, -0.2) is 9.55 Å². The van der Waals surface area contributed by atoms with Gasteiger partial charge in [-0.2, -0.15) is 0 Å². The lowest BCUT2D eigenvalue weighted by Gasteiger charge is -1.87. The molecule has 0 unspecified atom stereocenters. The summed E-state index contributed by atoms with van der Waals surface area (Å²) < 4.78 is 2.01. The first-order valence-electron chi connectivity index (χ1n) is 3.90. The van der Waals surface area contributed by atoms with E-state index < -0.39 is 0 Å². The number of hydrogen-bond acceptors (Lipinski definition) is 1. The molecule has 0 bridgehead atoms. The van der Waals surface area contributed by atoms with Crippen LogP contribution in [-0.2, 0) is 7.05 Å². The molecule has 2 rings (SSSR count). The van der Waals surface area contributed by atoms with Crippen LogP contribution in [0, 0.1) is 0 Å². The van der Waals surface area contributed by atoms with Crippen LogP contribution < -0.4 is 10.7 Å². The molecule has 0 aromatic carbocycles. The van der Waals surface area contributed by atoms with Crippen molar-refractivity contribution in [2.24, 2.45) is 7.05 Å². The first kappa shape index (κ1) is 7.10. The van der Waals surface area contributed by atoms with E-state index in [1.807, 2.05) is 48.3 Å². The van der Waals surface area contributed by atoms with Gasteiger partial charge in [-0.3, -0.25) is 0 Å². The third-order valence-corrected chi connectivity index (χ3v) is 1.85. The highest BCUT2D eigenvalue weighted by molar-refractivity contribution is 5.45. The second-order valence-corrected chi connectivity index (χ2v) is 2.73. The molecular weight excluding hydrogens is 148 g/mol. The van der Waals surface area contributed by atoms with Crippen molar-refractivity contribution in [3.63, 3.8) is 0 Å². The summed E-state index contributed by atoms with van der Waals surface area (Å²) in [6.45, 7) is 0. The third-order valence-electron chi connectivity index (χ3n) is 1.85. The fourth-order valence-electron chi connectivity index (χ4n) is 1.21. The number of aromatic nitrogens is 2. The summed E-state index contributed by atoms with van der Waals surface area (Å²) in [5.41, 5.74) is 0. The van der Waals surface area contributed by atoms with Gasteiger partial charge < -0.3 is 4.57 Å². The molecule has 0 amide bonds. The molecule has 2 heteroatoms. The number of allylic oxidation sites excluding steroid dienone is 4. The average molecular weight is 158 g/mol. The van der Waals surface area contributed by atoms with Crippen LogP contribution in [0.15, 0.2) is 30.6 Å². The van der Waals surface area contributed by atoms with E-state index in [9.17, 15) is 0 Å². The van der Waals surface area contributed by atoms with Gasteiger partial charge >= 0.3 is 0 Å². The monoisotopic (exact) mass is 158 g/mol. The Morgan fingerprint density at radius 3 is 2.67 bits per heavy atom. The van der Waals surface area contributed by atoms with Crippen molar-refractivity contribution in [2.45, 2.75) is 0 Å². The number of imidazole rings is 1. The maximum Gasteiger partial charge on any atom is 0.0955 e. The molecule has 2 nitrogen and oxygen atoms in total. The molecule has 12 heavy (non-hydrogen) atoms. The van der Waals surface area contributed by atoms with E-state index in [0.29, 0.717) is 0 Å². The Morgan fingerprint density at radius 2 is 1.83 bits per heavy atom. The van der Waals surface area contributed by atoms with Crippen LogP contribution in [0.4, 0.5) is 0 Å². The molecule has 0 saturated heterocycles. The first-order chi connectivity index (χ1) is 5.88. The Bertz CT molecular complexity index is 447. The first-order valence-corrected chi connectivity index (χ1v) is 3.90. The summed E-state index contributed by atoms with van der Waals surface area (Å²) in [7, 11) is 2.00. The summed E-state index contributed by atoms with van der Waals surface area (Å²) in [4.78, 5) is 4.25. The minimum atomic E-state index is 1.03. The Hall–Kier alpha value is -1.57.